The van der Waals surface area contributed by atoms with E-state index in [0.717, 1.165) is 45.3 Å². The van der Waals surface area contributed by atoms with Gasteiger partial charge in [0.15, 0.2) is 0 Å². The van der Waals surface area contributed by atoms with Crippen molar-refractivity contribution >= 4 is 0 Å². The summed E-state index contributed by atoms with van der Waals surface area (Å²) in [6.45, 7) is 0. The number of pyridine rings is 6. The van der Waals surface area contributed by atoms with E-state index in [9.17, 15) is 0 Å². The quantitative estimate of drug-likeness (QED) is 0.229. The molecule has 0 atom stereocenters. The van der Waals surface area contributed by atoms with Gasteiger partial charge in [0.1, 0.15) is 0 Å². The molecule has 0 saturated carbocycles. The predicted octanol–water partition coefficient (Wildman–Crippen LogP) is 6.41. The molecule has 0 saturated heterocycles. The van der Waals surface area contributed by atoms with Crippen LogP contribution in [-0.4, -0.2) is 29.9 Å². The van der Waals surface area contributed by atoms with E-state index in [1.165, 1.54) is 0 Å². The first-order valence-electron chi connectivity index (χ1n) is 11.5. The SMILES string of the molecule is [Ru+2].c1ccc(-c2cccnc2-c2ccccn2)nc1.c1ccc(-c2cccnc2-c2ccccn2)nc1. The number of nitrogens with zero attached hydrogens (tertiary/aromatic N) is 6. The maximum Gasteiger partial charge on any atom is 2.00 e. The fourth-order valence-electron chi connectivity index (χ4n) is 3.68. The van der Waals surface area contributed by atoms with Crippen molar-refractivity contribution in [1.29, 1.82) is 0 Å². The van der Waals surface area contributed by atoms with Crippen molar-refractivity contribution in [1.82, 2.24) is 29.9 Å². The summed E-state index contributed by atoms with van der Waals surface area (Å²) in [5.41, 5.74) is 7.25. The molecule has 7 heteroatoms. The second-order valence-electron chi connectivity index (χ2n) is 7.66. The third-order valence-corrected chi connectivity index (χ3v) is 5.31. The summed E-state index contributed by atoms with van der Waals surface area (Å²) in [4.78, 5) is 26.3. The van der Waals surface area contributed by atoms with Crippen molar-refractivity contribution in [2.24, 2.45) is 0 Å². The van der Waals surface area contributed by atoms with Gasteiger partial charge in [0, 0.05) is 48.3 Å². The first-order chi connectivity index (χ1) is 17.9. The van der Waals surface area contributed by atoms with Gasteiger partial charge in [-0.25, -0.2) is 0 Å². The first-order valence-corrected chi connectivity index (χ1v) is 11.5. The molecule has 0 spiro atoms. The Bertz CT molecular complexity index is 1280. The Labute approximate surface area is 228 Å². The van der Waals surface area contributed by atoms with Crippen LogP contribution in [0.2, 0.25) is 0 Å². The van der Waals surface area contributed by atoms with Crippen molar-refractivity contribution in [3.8, 4) is 45.3 Å². The Kier molecular flexibility index (Phi) is 9.00. The van der Waals surface area contributed by atoms with E-state index < -0.39 is 0 Å². The van der Waals surface area contributed by atoms with Crippen molar-refractivity contribution in [3.05, 3.63) is 134 Å². The Balaban J connectivity index is 0.000000168. The van der Waals surface area contributed by atoms with Crippen molar-refractivity contribution in [2.75, 3.05) is 0 Å². The number of rotatable bonds is 4. The first kappa shape index (κ1) is 25.6. The van der Waals surface area contributed by atoms with E-state index in [1.807, 2.05) is 97.1 Å². The minimum atomic E-state index is 0. The second-order valence-corrected chi connectivity index (χ2v) is 7.66. The van der Waals surface area contributed by atoms with Gasteiger partial charge in [0.05, 0.1) is 34.2 Å². The molecule has 0 amide bonds. The molecular weight excluding hydrogens is 545 g/mol. The molecule has 0 aliphatic carbocycles. The molecule has 6 nitrogen and oxygen atoms in total. The van der Waals surface area contributed by atoms with Crippen molar-refractivity contribution < 1.29 is 19.5 Å². The van der Waals surface area contributed by atoms with E-state index in [-0.39, 0.29) is 19.5 Å². The molecule has 0 radical (unpaired) electrons. The summed E-state index contributed by atoms with van der Waals surface area (Å²) < 4.78 is 0. The molecule has 6 aromatic rings. The molecule has 0 aliphatic rings. The van der Waals surface area contributed by atoms with Gasteiger partial charge in [-0.1, -0.05) is 24.3 Å². The molecule has 178 valence electrons. The van der Waals surface area contributed by atoms with Crippen molar-refractivity contribution in [2.45, 2.75) is 0 Å². The Hall–Kier alpha value is -4.48. The largest absolute Gasteiger partial charge is 2.00 e. The molecule has 6 heterocycles. The summed E-state index contributed by atoms with van der Waals surface area (Å²) in [6, 6.07) is 31.2. The van der Waals surface area contributed by atoms with Crippen LogP contribution < -0.4 is 0 Å². The molecule has 0 fully saturated rings. The van der Waals surface area contributed by atoms with Crippen LogP contribution >= 0.6 is 0 Å². The smallest absolute Gasteiger partial charge is 0.256 e. The minimum absolute atomic E-state index is 0. The van der Waals surface area contributed by atoms with Crippen LogP contribution in [0.3, 0.4) is 0 Å². The predicted molar refractivity (Wildman–Crippen MR) is 141 cm³/mol. The zero-order valence-corrected chi connectivity index (χ0v) is 21.5. The van der Waals surface area contributed by atoms with Gasteiger partial charge < -0.3 is 0 Å². The molecule has 0 unspecified atom stereocenters. The summed E-state index contributed by atoms with van der Waals surface area (Å²) in [6.07, 6.45) is 10.7. The standard InChI is InChI=1S/2C15H11N3.Ru/c2*1-3-9-16-13(7-1)12-6-5-11-18-15(12)14-8-2-4-10-17-14;/h2*1-11H;/q;;+2. The van der Waals surface area contributed by atoms with E-state index in [0.29, 0.717) is 0 Å². The molecule has 0 aliphatic heterocycles. The maximum atomic E-state index is 4.42. The number of hydrogen-bond donors (Lipinski definition) is 0. The zero-order valence-electron chi connectivity index (χ0n) is 19.7. The molecule has 0 N–H and O–H groups in total. The number of hydrogen-bond acceptors (Lipinski definition) is 6. The molecule has 37 heavy (non-hydrogen) atoms. The van der Waals surface area contributed by atoms with Gasteiger partial charge in [-0.05, 0) is 72.8 Å². The van der Waals surface area contributed by atoms with E-state index in [2.05, 4.69) is 29.9 Å². The third-order valence-electron chi connectivity index (χ3n) is 5.31. The molecule has 6 rings (SSSR count). The molecule has 6 aromatic heterocycles. The van der Waals surface area contributed by atoms with Crippen LogP contribution in [-0.2, 0) is 19.5 Å². The van der Waals surface area contributed by atoms with Crippen LogP contribution in [0.15, 0.2) is 134 Å². The van der Waals surface area contributed by atoms with E-state index in [4.69, 9.17) is 0 Å². The number of aromatic nitrogens is 6. The van der Waals surface area contributed by atoms with Gasteiger partial charge in [-0.15, -0.1) is 0 Å². The summed E-state index contributed by atoms with van der Waals surface area (Å²) >= 11 is 0. The molecule has 0 aromatic carbocycles. The average molecular weight is 568 g/mol. The summed E-state index contributed by atoms with van der Waals surface area (Å²) in [5.74, 6) is 0. The monoisotopic (exact) mass is 568 g/mol. The van der Waals surface area contributed by atoms with Crippen LogP contribution in [0, 0.1) is 0 Å². The van der Waals surface area contributed by atoms with Crippen LogP contribution in [0.5, 0.6) is 0 Å². The minimum Gasteiger partial charge on any atom is -0.256 e. The average Bonchev–Trinajstić information content (AvgIpc) is 2.99. The van der Waals surface area contributed by atoms with Gasteiger partial charge in [-0.2, -0.15) is 0 Å². The third kappa shape index (κ3) is 6.40. The van der Waals surface area contributed by atoms with E-state index >= 15 is 0 Å². The Morgan fingerprint density at radius 3 is 0.946 bits per heavy atom. The van der Waals surface area contributed by atoms with Gasteiger partial charge in [-0.3, -0.25) is 29.9 Å². The van der Waals surface area contributed by atoms with Gasteiger partial charge in [0.2, 0.25) is 0 Å². The van der Waals surface area contributed by atoms with Crippen LogP contribution in [0.25, 0.3) is 45.3 Å². The Morgan fingerprint density at radius 2 is 0.622 bits per heavy atom. The second kappa shape index (κ2) is 13.0. The summed E-state index contributed by atoms with van der Waals surface area (Å²) in [5, 5.41) is 0. The van der Waals surface area contributed by atoms with Gasteiger partial charge >= 0.3 is 19.5 Å². The van der Waals surface area contributed by atoms with E-state index in [1.54, 1.807) is 37.2 Å². The maximum absolute atomic E-state index is 4.42. The topological polar surface area (TPSA) is 77.3 Å². The van der Waals surface area contributed by atoms with Crippen LogP contribution in [0.4, 0.5) is 0 Å². The fourth-order valence-corrected chi connectivity index (χ4v) is 3.68. The van der Waals surface area contributed by atoms with Crippen molar-refractivity contribution in [3.63, 3.8) is 0 Å². The normalized spacial score (nSPS) is 9.95. The van der Waals surface area contributed by atoms with Gasteiger partial charge in [0.25, 0.3) is 0 Å². The summed E-state index contributed by atoms with van der Waals surface area (Å²) in [7, 11) is 0. The molecule has 0 bridgehead atoms. The zero-order chi connectivity index (χ0) is 24.4. The Morgan fingerprint density at radius 1 is 0.297 bits per heavy atom. The molecular formula is C30H22N6Ru+2. The van der Waals surface area contributed by atoms with Crippen LogP contribution in [0.1, 0.15) is 0 Å². The fraction of sp³-hybridized carbons (Fsp3) is 0.